The number of halogens is 2. The molecule has 0 bridgehead atoms. The lowest BCUT2D eigenvalue weighted by Gasteiger charge is -2.20. The Bertz CT molecular complexity index is 844. The number of carbonyl (C=O) groups is 1. The zero-order chi connectivity index (χ0) is 20.1. The van der Waals surface area contributed by atoms with Crippen LogP contribution < -0.4 is 0 Å². The topological polar surface area (TPSA) is 35.9 Å². The van der Waals surface area contributed by atoms with Crippen molar-refractivity contribution in [3.63, 3.8) is 0 Å². The first-order chi connectivity index (χ1) is 12.7. The number of hydrogen-bond acceptors (Lipinski definition) is 2. The number of amides is 1. The third kappa shape index (κ3) is 4.90. The molecule has 6 heteroatoms. The molecule has 0 saturated heterocycles. The zero-order valence-corrected chi connectivity index (χ0v) is 16.4. The van der Waals surface area contributed by atoms with Crippen LogP contribution in [0.2, 0.25) is 0 Å². The van der Waals surface area contributed by atoms with Gasteiger partial charge in [0, 0.05) is 31.8 Å². The van der Waals surface area contributed by atoms with Crippen LogP contribution in [0.5, 0.6) is 0 Å². The molecule has 4 nitrogen and oxygen atoms in total. The molecule has 2 aromatic carbocycles. The molecule has 0 aliphatic carbocycles. The molecule has 1 amide bonds. The molecule has 0 heterocycles. The van der Waals surface area contributed by atoms with E-state index in [1.165, 1.54) is 30.1 Å². The predicted octanol–water partition coefficient (Wildman–Crippen LogP) is 4.47. The van der Waals surface area contributed by atoms with E-state index in [9.17, 15) is 13.6 Å². The Morgan fingerprint density at radius 3 is 2.33 bits per heavy atom. The zero-order valence-electron chi connectivity index (χ0n) is 16.4. The minimum Gasteiger partial charge on any atom is -0.366 e. The molecule has 0 radical (unpaired) electrons. The second kappa shape index (κ2) is 8.75. The van der Waals surface area contributed by atoms with Crippen LogP contribution in [0, 0.1) is 25.5 Å². The Kier molecular flexibility index (Phi) is 6.66. The van der Waals surface area contributed by atoms with E-state index in [2.05, 4.69) is 4.99 Å². The molecule has 27 heavy (non-hydrogen) atoms. The first kappa shape index (κ1) is 20.6. The largest absolute Gasteiger partial charge is 0.366 e. The minimum absolute atomic E-state index is 0.119. The van der Waals surface area contributed by atoms with Crippen molar-refractivity contribution in [2.45, 2.75) is 27.3 Å². The maximum atomic E-state index is 13.9. The number of aliphatic imine (C=N–C) groups is 1. The highest BCUT2D eigenvalue weighted by atomic mass is 19.1. The summed E-state index contributed by atoms with van der Waals surface area (Å²) in [5.74, 6) is -1.61. The van der Waals surface area contributed by atoms with Crippen molar-refractivity contribution in [3.05, 3.63) is 64.2 Å². The fourth-order valence-corrected chi connectivity index (χ4v) is 2.61. The van der Waals surface area contributed by atoms with Crippen molar-refractivity contribution in [1.29, 1.82) is 0 Å². The summed E-state index contributed by atoms with van der Waals surface area (Å²) >= 11 is 0. The predicted molar refractivity (Wildman–Crippen MR) is 105 cm³/mol. The van der Waals surface area contributed by atoms with Crippen LogP contribution >= 0.6 is 0 Å². The number of hydrogen-bond donors (Lipinski definition) is 0. The van der Waals surface area contributed by atoms with Crippen molar-refractivity contribution in [3.8, 4) is 0 Å². The first-order valence-electron chi connectivity index (χ1n) is 8.78. The first-order valence-corrected chi connectivity index (χ1v) is 8.78. The van der Waals surface area contributed by atoms with Crippen LogP contribution in [-0.4, -0.2) is 42.7 Å². The number of carbonyl (C=O) groups excluding carboxylic acids is 1. The van der Waals surface area contributed by atoms with Gasteiger partial charge in [-0.1, -0.05) is 6.07 Å². The third-order valence-corrected chi connectivity index (χ3v) is 4.47. The van der Waals surface area contributed by atoms with Gasteiger partial charge >= 0.3 is 0 Å². The second-order valence-corrected chi connectivity index (χ2v) is 6.63. The van der Waals surface area contributed by atoms with Gasteiger partial charge in [0.1, 0.15) is 11.6 Å². The van der Waals surface area contributed by atoms with Crippen LogP contribution in [-0.2, 0) is 6.54 Å². The Hall–Kier alpha value is -2.76. The summed E-state index contributed by atoms with van der Waals surface area (Å²) < 4.78 is 27.7. The molecule has 0 saturated carbocycles. The maximum absolute atomic E-state index is 13.9. The van der Waals surface area contributed by atoms with E-state index >= 15 is 0 Å². The quantitative estimate of drug-likeness (QED) is 0.553. The Morgan fingerprint density at radius 1 is 1.11 bits per heavy atom. The van der Waals surface area contributed by atoms with Crippen molar-refractivity contribution in [1.82, 2.24) is 9.80 Å². The molecule has 0 N–H and O–H groups in total. The third-order valence-electron chi connectivity index (χ3n) is 4.47. The molecule has 0 unspecified atom stereocenters. The van der Waals surface area contributed by atoms with E-state index in [0.717, 1.165) is 23.4 Å². The molecular formula is C21H25F2N3O. The van der Waals surface area contributed by atoms with Gasteiger partial charge in [-0.2, -0.15) is 0 Å². The minimum atomic E-state index is -0.660. The summed E-state index contributed by atoms with van der Waals surface area (Å²) in [6, 6.07) is 7.29. The molecule has 2 rings (SSSR count). The van der Waals surface area contributed by atoms with Crippen molar-refractivity contribution in [2.24, 2.45) is 4.99 Å². The lowest BCUT2D eigenvalue weighted by atomic mass is 10.0. The van der Waals surface area contributed by atoms with Gasteiger partial charge < -0.3 is 9.80 Å². The van der Waals surface area contributed by atoms with Gasteiger partial charge in [0.05, 0.1) is 18.6 Å². The van der Waals surface area contributed by atoms with Crippen molar-refractivity contribution in [2.75, 3.05) is 20.6 Å². The van der Waals surface area contributed by atoms with Crippen LogP contribution in [0.4, 0.5) is 14.5 Å². The van der Waals surface area contributed by atoms with Crippen LogP contribution in [0.25, 0.3) is 0 Å². The van der Waals surface area contributed by atoms with Gasteiger partial charge in [0.25, 0.3) is 5.91 Å². The monoisotopic (exact) mass is 373 g/mol. The van der Waals surface area contributed by atoms with E-state index in [1.54, 1.807) is 12.4 Å². The van der Waals surface area contributed by atoms with E-state index in [-0.39, 0.29) is 18.0 Å². The van der Waals surface area contributed by atoms with Gasteiger partial charge in [-0.15, -0.1) is 0 Å². The molecule has 0 aliphatic heterocycles. The van der Waals surface area contributed by atoms with E-state index < -0.39 is 11.6 Å². The molecule has 0 fully saturated rings. The molecule has 0 aliphatic rings. The van der Waals surface area contributed by atoms with Gasteiger partial charge in [-0.3, -0.25) is 4.79 Å². The van der Waals surface area contributed by atoms with E-state index in [4.69, 9.17) is 0 Å². The van der Waals surface area contributed by atoms with Crippen molar-refractivity contribution >= 4 is 17.9 Å². The van der Waals surface area contributed by atoms with Crippen LogP contribution in [0.15, 0.2) is 35.3 Å². The highest BCUT2D eigenvalue weighted by Gasteiger charge is 2.19. The summed E-state index contributed by atoms with van der Waals surface area (Å²) in [7, 11) is 3.46. The molecular weight excluding hydrogens is 348 g/mol. The van der Waals surface area contributed by atoms with E-state index in [1.807, 2.05) is 38.8 Å². The maximum Gasteiger partial charge on any atom is 0.254 e. The number of rotatable bonds is 6. The fourth-order valence-electron chi connectivity index (χ4n) is 2.61. The highest BCUT2D eigenvalue weighted by molar-refractivity contribution is 5.96. The van der Waals surface area contributed by atoms with Crippen LogP contribution in [0.3, 0.4) is 0 Å². The normalized spacial score (nSPS) is 11.1. The standard InChI is InChI=1S/C21H25F2N3O/c1-6-25(4)13-24-20-11-14(2)16(10-15(20)3)21(27)26(5)12-17-18(22)8-7-9-19(17)23/h7-11,13H,6,12H2,1-5H3. The average molecular weight is 373 g/mol. The molecule has 144 valence electrons. The van der Waals surface area contributed by atoms with Crippen LogP contribution in [0.1, 0.15) is 34.0 Å². The molecule has 2 aromatic rings. The smallest absolute Gasteiger partial charge is 0.254 e. The van der Waals surface area contributed by atoms with Gasteiger partial charge in [0.2, 0.25) is 0 Å². The lowest BCUT2D eigenvalue weighted by Crippen LogP contribution is -2.28. The Labute approximate surface area is 159 Å². The second-order valence-electron chi connectivity index (χ2n) is 6.63. The summed E-state index contributed by atoms with van der Waals surface area (Å²) in [5, 5.41) is 0. The molecule has 0 spiro atoms. The van der Waals surface area contributed by atoms with E-state index in [0.29, 0.717) is 5.56 Å². The van der Waals surface area contributed by atoms with Gasteiger partial charge in [-0.05, 0) is 56.2 Å². The van der Waals surface area contributed by atoms with Gasteiger partial charge in [-0.25, -0.2) is 13.8 Å². The summed E-state index contributed by atoms with van der Waals surface area (Å²) in [4.78, 5) is 20.5. The molecule has 0 aromatic heterocycles. The lowest BCUT2D eigenvalue weighted by molar-refractivity contribution is 0.0781. The summed E-state index contributed by atoms with van der Waals surface area (Å²) in [5.41, 5.74) is 2.78. The number of aryl methyl sites for hydroxylation is 2. The SMILES string of the molecule is CCN(C)C=Nc1cc(C)c(C(=O)N(C)Cc2c(F)cccc2F)cc1C. The fraction of sp³-hybridized carbons (Fsp3) is 0.333. The Balaban J connectivity index is 2.25. The number of nitrogens with zero attached hydrogens (tertiary/aromatic N) is 3. The van der Waals surface area contributed by atoms with Gasteiger partial charge in [0.15, 0.2) is 0 Å². The average Bonchev–Trinajstić information content (AvgIpc) is 2.64. The van der Waals surface area contributed by atoms with Crippen molar-refractivity contribution < 1.29 is 13.6 Å². The summed E-state index contributed by atoms with van der Waals surface area (Å²) in [6.07, 6.45) is 1.75. The summed E-state index contributed by atoms with van der Waals surface area (Å²) in [6.45, 7) is 6.44. The highest BCUT2D eigenvalue weighted by Crippen LogP contribution is 2.25. The number of benzene rings is 2. The Morgan fingerprint density at radius 2 is 1.74 bits per heavy atom. The molecule has 0 atom stereocenters.